The average molecular weight is 540 g/mol. The molecule has 2 amide bonds. The first kappa shape index (κ1) is 26.1. The van der Waals surface area contributed by atoms with Crippen molar-refractivity contribution in [3.8, 4) is 11.4 Å². The lowest BCUT2D eigenvalue weighted by molar-refractivity contribution is 0.0985. The van der Waals surface area contributed by atoms with Gasteiger partial charge < -0.3 is 20.3 Å². The molecular weight excluding hydrogens is 509 g/mol. The Morgan fingerprint density at radius 2 is 1.87 bits per heavy atom. The number of hydrogen-bond donors (Lipinski definition) is 2. The fourth-order valence-corrected chi connectivity index (χ4v) is 6.98. The van der Waals surface area contributed by atoms with Crippen LogP contribution < -0.4 is 15.5 Å². The normalized spacial score (nSPS) is 18.6. The summed E-state index contributed by atoms with van der Waals surface area (Å²) in [5.41, 5.74) is 2.07. The summed E-state index contributed by atoms with van der Waals surface area (Å²) < 4.78 is 46.1. The van der Waals surface area contributed by atoms with Gasteiger partial charge in [-0.1, -0.05) is 0 Å². The minimum atomic E-state index is -3.87. The molecule has 1 atom stereocenters. The second-order valence-corrected chi connectivity index (χ2v) is 12.0. The number of hydrogen-bond acceptors (Lipinski definition) is 7. The Hall–Kier alpha value is -3.57. The van der Waals surface area contributed by atoms with Gasteiger partial charge in [0.2, 0.25) is 0 Å². The van der Waals surface area contributed by atoms with E-state index in [1.54, 1.807) is 37.3 Å². The van der Waals surface area contributed by atoms with Crippen molar-refractivity contribution in [2.45, 2.75) is 42.4 Å². The van der Waals surface area contributed by atoms with E-state index in [1.807, 2.05) is 6.92 Å². The number of sulfone groups is 1. The van der Waals surface area contributed by atoms with Gasteiger partial charge >= 0.3 is 6.03 Å². The summed E-state index contributed by atoms with van der Waals surface area (Å²) in [6, 6.07) is 12.3. The van der Waals surface area contributed by atoms with E-state index in [9.17, 15) is 17.6 Å². The van der Waals surface area contributed by atoms with Crippen molar-refractivity contribution in [2.24, 2.45) is 0 Å². The summed E-state index contributed by atoms with van der Waals surface area (Å²) in [5, 5.41) is 5.22. The number of aromatic nitrogens is 2. The van der Waals surface area contributed by atoms with Crippen molar-refractivity contribution >= 4 is 27.4 Å². The molecule has 1 saturated heterocycles. The largest absolute Gasteiger partial charge is 0.377 e. The topological polar surface area (TPSA) is 114 Å². The number of nitrogens with zero attached hydrogens (tertiary/aromatic N) is 3. The van der Waals surface area contributed by atoms with Crippen LogP contribution in [-0.2, 0) is 19.3 Å². The van der Waals surface area contributed by atoms with Crippen LogP contribution in [0.1, 0.15) is 31.0 Å². The molecule has 2 heterocycles. The Morgan fingerprint density at radius 3 is 2.50 bits per heavy atom. The molecule has 1 aliphatic heterocycles. The molecule has 2 N–H and O–H groups in total. The second-order valence-electron chi connectivity index (χ2n) is 9.74. The number of aryl methyl sites for hydroxylation is 1. The summed E-state index contributed by atoms with van der Waals surface area (Å²) >= 11 is 0. The monoisotopic (exact) mass is 539 g/mol. The minimum absolute atomic E-state index is 0.0459. The van der Waals surface area contributed by atoms with Crippen LogP contribution in [-0.4, -0.2) is 57.3 Å². The third-order valence-electron chi connectivity index (χ3n) is 7.11. The molecule has 5 rings (SSSR count). The van der Waals surface area contributed by atoms with E-state index in [1.165, 1.54) is 25.2 Å². The van der Waals surface area contributed by atoms with Crippen LogP contribution in [0.5, 0.6) is 0 Å². The molecule has 11 heteroatoms. The summed E-state index contributed by atoms with van der Waals surface area (Å²) in [4.78, 5) is 23.5. The van der Waals surface area contributed by atoms with Crippen molar-refractivity contribution < 1.29 is 22.3 Å². The van der Waals surface area contributed by atoms with Crippen molar-refractivity contribution in [3.05, 3.63) is 65.6 Å². The van der Waals surface area contributed by atoms with Crippen molar-refractivity contribution in [1.82, 2.24) is 15.3 Å². The first-order valence-electron chi connectivity index (χ1n) is 12.5. The van der Waals surface area contributed by atoms with Crippen molar-refractivity contribution in [2.75, 3.05) is 37.0 Å². The number of anilines is 2. The molecule has 0 radical (unpaired) electrons. The summed E-state index contributed by atoms with van der Waals surface area (Å²) in [6.45, 7) is 5.32. The third-order valence-corrected chi connectivity index (χ3v) is 9.80. The summed E-state index contributed by atoms with van der Waals surface area (Å²) in [7, 11) is -2.33. The Morgan fingerprint density at radius 1 is 1.13 bits per heavy atom. The molecule has 2 aliphatic rings. The Balaban J connectivity index is 1.60. The predicted molar refractivity (Wildman–Crippen MR) is 142 cm³/mol. The van der Waals surface area contributed by atoms with E-state index >= 15 is 0 Å². The van der Waals surface area contributed by atoms with Crippen LogP contribution in [0.4, 0.5) is 20.7 Å². The quantitative estimate of drug-likeness (QED) is 0.455. The maximum Gasteiger partial charge on any atom is 0.318 e. The number of morpholine rings is 1. The summed E-state index contributed by atoms with van der Waals surface area (Å²) in [6.07, 6.45) is 0.825. The Kier molecular flexibility index (Phi) is 6.83. The fraction of sp³-hybridized carbons (Fsp3) is 0.370. The van der Waals surface area contributed by atoms with Gasteiger partial charge in [0.15, 0.2) is 15.7 Å². The van der Waals surface area contributed by atoms with Crippen LogP contribution >= 0.6 is 0 Å². The molecule has 2 fully saturated rings. The third kappa shape index (κ3) is 4.71. The van der Waals surface area contributed by atoms with Crippen LogP contribution in [0, 0.1) is 12.7 Å². The SMILES string of the molecule is CNC(=O)Nc1ccc(-c2nc(N3CCOC[C@@H]3C)cc(C3(S(=O)(=O)c4ccc(F)cc4C)CC3)n2)cc1. The van der Waals surface area contributed by atoms with Gasteiger partial charge in [0.1, 0.15) is 16.4 Å². The van der Waals surface area contributed by atoms with E-state index in [-0.39, 0.29) is 17.0 Å². The van der Waals surface area contributed by atoms with Crippen molar-refractivity contribution in [1.29, 1.82) is 0 Å². The average Bonchev–Trinajstić information content (AvgIpc) is 3.72. The van der Waals surface area contributed by atoms with Gasteiger partial charge in [-0.25, -0.2) is 27.6 Å². The number of carbonyl (C=O) groups excluding carboxylic acids is 1. The lowest BCUT2D eigenvalue weighted by atomic mass is 10.1. The molecule has 9 nitrogen and oxygen atoms in total. The molecule has 0 spiro atoms. The first-order chi connectivity index (χ1) is 18.1. The highest BCUT2D eigenvalue weighted by molar-refractivity contribution is 7.92. The van der Waals surface area contributed by atoms with Gasteiger partial charge in [0.05, 0.1) is 29.8 Å². The van der Waals surface area contributed by atoms with Gasteiger partial charge in [-0.3, -0.25) is 0 Å². The zero-order chi connectivity index (χ0) is 27.1. The lowest BCUT2D eigenvalue weighted by Crippen LogP contribution is -2.44. The molecule has 200 valence electrons. The number of amides is 2. The second kappa shape index (κ2) is 9.95. The van der Waals surface area contributed by atoms with Crippen molar-refractivity contribution in [3.63, 3.8) is 0 Å². The van der Waals surface area contributed by atoms with E-state index in [0.29, 0.717) is 66.8 Å². The van der Waals surface area contributed by atoms with Crippen LogP contribution in [0.3, 0.4) is 0 Å². The standard InChI is InChI=1S/C27H30FN5O4S/c1-17-14-20(28)6-9-22(17)38(35,36)27(10-11-27)23-15-24(33-12-13-37-16-18(33)2)32-25(31-23)19-4-7-21(8-5-19)30-26(34)29-3/h4-9,14-15,18H,10-13,16H2,1-3H3,(H2,29,30,34)/t18-/m0/s1. The van der Waals surface area contributed by atoms with Crippen LogP contribution in [0.2, 0.25) is 0 Å². The number of ether oxygens (including phenoxy) is 1. The Labute approximate surface area is 221 Å². The zero-order valence-electron chi connectivity index (χ0n) is 21.5. The van der Waals surface area contributed by atoms with E-state index < -0.39 is 20.4 Å². The fourth-order valence-electron chi connectivity index (χ4n) is 4.81. The highest BCUT2D eigenvalue weighted by atomic mass is 32.2. The van der Waals surface area contributed by atoms with E-state index in [2.05, 4.69) is 15.5 Å². The molecule has 2 aromatic carbocycles. The molecule has 1 aromatic heterocycles. The highest BCUT2D eigenvalue weighted by Gasteiger charge is 2.58. The van der Waals surface area contributed by atoms with Gasteiger partial charge in [0.25, 0.3) is 0 Å². The predicted octanol–water partition coefficient (Wildman–Crippen LogP) is 4.03. The molecule has 1 saturated carbocycles. The van der Waals surface area contributed by atoms with Crippen LogP contribution in [0.15, 0.2) is 53.4 Å². The number of carbonyl (C=O) groups is 1. The van der Waals surface area contributed by atoms with Gasteiger partial charge in [-0.15, -0.1) is 0 Å². The number of urea groups is 1. The number of halogens is 1. The van der Waals surface area contributed by atoms with Crippen LogP contribution in [0.25, 0.3) is 11.4 Å². The zero-order valence-corrected chi connectivity index (χ0v) is 22.3. The highest BCUT2D eigenvalue weighted by Crippen LogP contribution is 2.55. The smallest absolute Gasteiger partial charge is 0.318 e. The number of benzene rings is 2. The number of rotatable bonds is 6. The molecule has 0 unspecified atom stereocenters. The molecule has 0 bridgehead atoms. The van der Waals surface area contributed by atoms with E-state index in [0.717, 1.165) is 0 Å². The molecule has 3 aromatic rings. The lowest BCUT2D eigenvalue weighted by Gasteiger charge is -2.34. The Bertz CT molecular complexity index is 1480. The minimum Gasteiger partial charge on any atom is -0.377 e. The maximum atomic E-state index is 14.0. The molecule has 38 heavy (non-hydrogen) atoms. The number of nitrogens with one attached hydrogen (secondary N) is 2. The molecule has 1 aliphatic carbocycles. The molecular formula is C27H30FN5O4S. The maximum absolute atomic E-state index is 14.0. The van der Waals surface area contributed by atoms with Gasteiger partial charge in [-0.2, -0.15) is 0 Å². The first-order valence-corrected chi connectivity index (χ1v) is 14.0. The van der Waals surface area contributed by atoms with Gasteiger partial charge in [0, 0.05) is 30.9 Å². The summed E-state index contributed by atoms with van der Waals surface area (Å²) in [5.74, 6) is 0.541. The van der Waals surface area contributed by atoms with Gasteiger partial charge in [-0.05, 0) is 74.7 Å². The van der Waals surface area contributed by atoms with E-state index in [4.69, 9.17) is 14.7 Å².